The minimum atomic E-state index is -0.436. The van der Waals surface area contributed by atoms with Gasteiger partial charge in [-0.15, -0.1) is 0 Å². The summed E-state index contributed by atoms with van der Waals surface area (Å²) < 4.78 is 5.66. The van der Waals surface area contributed by atoms with Gasteiger partial charge in [0.15, 0.2) is 0 Å². The first-order valence-electron chi connectivity index (χ1n) is 8.68. The quantitative estimate of drug-likeness (QED) is 0.666. The molecule has 0 bridgehead atoms. The molecule has 2 aliphatic rings. The smallest absolute Gasteiger partial charge is 0.321 e. The van der Waals surface area contributed by atoms with Crippen LogP contribution in [-0.4, -0.2) is 66.2 Å². The first kappa shape index (κ1) is 17.6. The number of ether oxygens (including phenoxy) is 1. The molecule has 1 atom stereocenters. The summed E-state index contributed by atoms with van der Waals surface area (Å²) >= 11 is 0. The second-order valence-corrected chi connectivity index (χ2v) is 6.56. The zero-order chi connectivity index (χ0) is 17.8. The second kappa shape index (κ2) is 7.79. The van der Waals surface area contributed by atoms with Gasteiger partial charge in [-0.2, -0.15) is 0 Å². The van der Waals surface area contributed by atoms with Crippen molar-refractivity contribution in [3.05, 3.63) is 33.9 Å². The van der Waals surface area contributed by atoms with Gasteiger partial charge in [-0.05, 0) is 25.8 Å². The molecule has 2 amide bonds. The maximum atomic E-state index is 12.5. The van der Waals surface area contributed by atoms with E-state index >= 15 is 0 Å². The maximum absolute atomic E-state index is 12.5. The minimum Gasteiger partial charge on any atom is -0.377 e. The van der Waals surface area contributed by atoms with Gasteiger partial charge in [0, 0.05) is 45.4 Å². The molecule has 2 heterocycles. The van der Waals surface area contributed by atoms with Crippen LogP contribution in [0.4, 0.5) is 16.2 Å². The van der Waals surface area contributed by atoms with Crippen LogP contribution in [0.2, 0.25) is 0 Å². The number of nitrogens with zero attached hydrogens (tertiary/aromatic N) is 3. The molecule has 0 saturated carbocycles. The summed E-state index contributed by atoms with van der Waals surface area (Å²) in [5.41, 5.74) is 0.970. The second-order valence-electron chi connectivity index (χ2n) is 6.56. The fourth-order valence-electron chi connectivity index (χ4n) is 3.36. The van der Waals surface area contributed by atoms with Crippen LogP contribution in [0.1, 0.15) is 18.4 Å². The number of carbonyl (C=O) groups excluding carboxylic acids is 1. The van der Waals surface area contributed by atoms with Crippen LogP contribution in [0.5, 0.6) is 0 Å². The number of hydrogen-bond donors (Lipinski definition) is 1. The third kappa shape index (κ3) is 4.26. The highest BCUT2D eigenvalue weighted by Crippen LogP contribution is 2.25. The Hall–Kier alpha value is -2.19. The average molecular weight is 348 g/mol. The van der Waals surface area contributed by atoms with Crippen molar-refractivity contribution >= 4 is 17.4 Å². The number of amides is 2. The molecule has 0 spiro atoms. The fourth-order valence-corrected chi connectivity index (χ4v) is 3.36. The van der Waals surface area contributed by atoms with Gasteiger partial charge in [-0.1, -0.05) is 6.07 Å². The number of nitro benzene ring substituents is 1. The number of carbonyl (C=O) groups is 1. The zero-order valence-electron chi connectivity index (χ0n) is 14.4. The van der Waals surface area contributed by atoms with E-state index in [2.05, 4.69) is 10.2 Å². The highest BCUT2D eigenvalue weighted by atomic mass is 16.6. The van der Waals surface area contributed by atoms with Crippen molar-refractivity contribution in [1.29, 1.82) is 0 Å². The Morgan fingerprint density at radius 2 is 2.12 bits per heavy atom. The molecule has 0 aliphatic carbocycles. The van der Waals surface area contributed by atoms with Gasteiger partial charge in [-0.3, -0.25) is 15.0 Å². The van der Waals surface area contributed by atoms with Crippen molar-refractivity contribution < 1.29 is 14.5 Å². The fraction of sp³-hybridized carbons (Fsp3) is 0.588. The predicted molar refractivity (Wildman–Crippen MR) is 93.8 cm³/mol. The van der Waals surface area contributed by atoms with E-state index in [4.69, 9.17) is 4.74 Å². The average Bonchev–Trinajstić information content (AvgIpc) is 3.10. The lowest BCUT2D eigenvalue weighted by Crippen LogP contribution is -2.51. The van der Waals surface area contributed by atoms with Gasteiger partial charge in [0.2, 0.25) is 0 Å². The normalized spacial score (nSPS) is 21.3. The topological polar surface area (TPSA) is 88.0 Å². The number of piperazine rings is 1. The minimum absolute atomic E-state index is 0.0131. The van der Waals surface area contributed by atoms with Crippen LogP contribution in [0.25, 0.3) is 0 Å². The molecule has 1 aromatic carbocycles. The third-order valence-electron chi connectivity index (χ3n) is 4.89. The summed E-state index contributed by atoms with van der Waals surface area (Å²) in [5.74, 6) is 0. The van der Waals surface area contributed by atoms with Gasteiger partial charge in [-0.25, -0.2) is 4.79 Å². The Bertz CT molecular complexity index is 638. The van der Waals surface area contributed by atoms with Crippen LogP contribution in [0.3, 0.4) is 0 Å². The lowest BCUT2D eigenvalue weighted by Gasteiger charge is -2.35. The molecule has 0 aromatic heterocycles. The van der Waals surface area contributed by atoms with E-state index in [1.54, 1.807) is 24.0 Å². The van der Waals surface area contributed by atoms with E-state index in [1.807, 2.05) is 0 Å². The number of urea groups is 1. The van der Waals surface area contributed by atoms with Gasteiger partial charge >= 0.3 is 6.03 Å². The molecule has 136 valence electrons. The third-order valence-corrected chi connectivity index (χ3v) is 4.89. The van der Waals surface area contributed by atoms with E-state index < -0.39 is 4.92 Å². The molecule has 0 radical (unpaired) electrons. The molecule has 3 rings (SSSR count). The molecule has 1 aromatic rings. The van der Waals surface area contributed by atoms with Crippen molar-refractivity contribution in [1.82, 2.24) is 9.80 Å². The SMILES string of the molecule is Cc1c(NC(=O)N2CCN(C[C@H]3CCCO3)CC2)cccc1[N+](=O)[O-]. The van der Waals surface area contributed by atoms with Gasteiger partial charge < -0.3 is 15.0 Å². The Morgan fingerprint density at radius 1 is 1.36 bits per heavy atom. The van der Waals surface area contributed by atoms with Crippen molar-refractivity contribution in [2.75, 3.05) is 44.6 Å². The Morgan fingerprint density at radius 3 is 2.76 bits per heavy atom. The number of nitrogens with one attached hydrogen (secondary N) is 1. The molecule has 2 saturated heterocycles. The highest BCUT2D eigenvalue weighted by Gasteiger charge is 2.25. The van der Waals surface area contributed by atoms with Crippen LogP contribution >= 0.6 is 0 Å². The summed E-state index contributed by atoms with van der Waals surface area (Å²) in [6.07, 6.45) is 2.58. The van der Waals surface area contributed by atoms with Crippen molar-refractivity contribution in [2.45, 2.75) is 25.9 Å². The summed E-state index contributed by atoms with van der Waals surface area (Å²) in [6.45, 7) is 6.36. The number of hydrogen-bond acceptors (Lipinski definition) is 5. The predicted octanol–water partition coefficient (Wildman–Crippen LogP) is 2.23. The van der Waals surface area contributed by atoms with Crippen LogP contribution < -0.4 is 5.32 Å². The highest BCUT2D eigenvalue weighted by molar-refractivity contribution is 5.90. The monoisotopic (exact) mass is 348 g/mol. The lowest BCUT2D eigenvalue weighted by atomic mass is 10.1. The van der Waals surface area contributed by atoms with Crippen LogP contribution in [0.15, 0.2) is 18.2 Å². The molecule has 25 heavy (non-hydrogen) atoms. The summed E-state index contributed by atoms with van der Waals surface area (Å²) in [6, 6.07) is 4.50. The van der Waals surface area contributed by atoms with Gasteiger partial charge in [0.25, 0.3) is 5.69 Å². The van der Waals surface area contributed by atoms with E-state index in [0.717, 1.165) is 39.1 Å². The van der Waals surface area contributed by atoms with Crippen LogP contribution in [0, 0.1) is 17.0 Å². The number of anilines is 1. The van der Waals surface area contributed by atoms with E-state index in [1.165, 1.54) is 6.07 Å². The molecule has 8 nitrogen and oxygen atoms in total. The number of rotatable bonds is 4. The van der Waals surface area contributed by atoms with Gasteiger partial charge in [0.05, 0.1) is 22.3 Å². The standard InChI is InChI=1S/C17H24N4O4/c1-13-15(5-2-6-16(13)21(23)24)18-17(22)20-9-7-19(8-10-20)12-14-4-3-11-25-14/h2,5-6,14H,3-4,7-12H2,1H3,(H,18,22)/t14-/m1/s1. The lowest BCUT2D eigenvalue weighted by molar-refractivity contribution is -0.385. The molecular formula is C17H24N4O4. The summed E-state index contributed by atoms with van der Waals surface area (Å²) in [5, 5.41) is 13.8. The van der Waals surface area contributed by atoms with Crippen LogP contribution in [-0.2, 0) is 4.74 Å². The van der Waals surface area contributed by atoms with E-state index in [0.29, 0.717) is 30.4 Å². The first-order chi connectivity index (χ1) is 12.0. The molecule has 2 fully saturated rings. The Balaban J connectivity index is 1.53. The van der Waals surface area contributed by atoms with Crippen molar-refractivity contribution in [2.24, 2.45) is 0 Å². The van der Waals surface area contributed by atoms with E-state index in [9.17, 15) is 14.9 Å². The molecule has 0 unspecified atom stereocenters. The summed E-state index contributed by atoms with van der Waals surface area (Å²) in [4.78, 5) is 27.1. The largest absolute Gasteiger partial charge is 0.377 e. The zero-order valence-corrected chi connectivity index (χ0v) is 14.4. The molecule has 8 heteroatoms. The number of benzene rings is 1. The molecule has 1 N–H and O–H groups in total. The maximum Gasteiger partial charge on any atom is 0.321 e. The molecule has 2 aliphatic heterocycles. The van der Waals surface area contributed by atoms with E-state index in [-0.39, 0.29) is 11.7 Å². The summed E-state index contributed by atoms with van der Waals surface area (Å²) in [7, 11) is 0. The van der Waals surface area contributed by atoms with Crippen molar-refractivity contribution in [3.63, 3.8) is 0 Å². The Labute approximate surface area is 146 Å². The van der Waals surface area contributed by atoms with Crippen molar-refractivity contribution in [3.8, 4) is 0 Å². The molecular weight excluding hydrogens is 324 g/mol. The number of nitro groups is 1. The van der Waals surface area contributed by atoms with Gasteiger partial charge in [0.1, 0.15) is 0 Å². The Kier molecular flexibility index (Phi) is 5.50. The first-order valence-corrected chi connectivity index (χ1v) is 8.68.